The maximum atomic E-state index is 12.9. The van der Waals surface area contributed by atoms with Crippen LogP contribution in [0, 0.1) is 11.6 Å². The molecule has 0 aliphatic carbocycles. The molecule has 1 rings (SSSR count). The minimum absolute atomic E-state index is 0.00167. The molecule has 0 bridgehead atoms. The Labute approximate surface area is 94.4 Å². The molecule has 0 spiro atoms. The summed E-state index contributed by atoms with van der Waals surface area (Å²) in [7, 11) is 0. The third-order valence-electron chi connectivity index (χ3n) is 1.70. The van der Waals surface area contributed by atoms with Crippen molar-refractivity contribution in [2.45, 2.75) is 13.3 Å². The number of hydrogen-bond donors (Lipinski definition) is 0. The van der Waals surface area contributed by atoms with Crippen LogP contribution < -0.4 is 0 Å². The van der Waals surface area contributed by atoms with Gasteiger partial charge in [-0.25, -0.2) is 8.78 Å². The van der Waals surface area contributed by atoms with Crippen LogP contribution in [-0.4, -0.2) is 12.6 Å². The molecule has 0 heterocycles. The Kier molecular flexibility index (Phi) is 4.20. The number of ether oxygens (including phenoxy) is 1. The molecule has 0 atom stereocenters. The molecule has 0 fully saturated rings. The van der Waals surface area contributed by atoms with Crippen LogP contribution in [0.25, 0.3) is 0 Å². The summed E-state index contributed by atoms with van der Waals surface area (Å²) in [5.41, 5.74) is 0.374. The second-order valence-corrected chi connectivity index (χ2v) is 3.71. The van der Waals surface area contributed by atoms with Gasteiger partial charge in [-0.3, -0.25) is 4.79 Å². The van der Waals surface area contributed by atoms with Gasteiger partial charge in [-0.1, -0.05) is 0 Å². The molecular weight excluding hydrogens is 270 g/mol. The van der Waals surface area contributed by atoms with Gasteiger partial charge < -0.3 is 4.74 Å². The minimum atomic E-state index is -0.983. The van der Waals surface area contributed by atoms with Crippen molar-refractivity contribution >= 4 is 21.9 Å². The van der Waals surface area contributed by atoms with Crippen LogP contribution in [0.4, 0.5) is 8.78 Å². The Morgan fingerprint density at radius 1 is 1.47 bits per heavy atom. The predicted octanol–water partition coefficient (Wildman–Crippen LogP) is 2.83. The lowest BCUT2D eigenvalue weighted by atomic mass is 10.1. The van der Waals surface area contributed by atoms with Crippen molar-refractivity contribution in [3.8, 4) is 0 Å². The standard InChI is InChI=1S/C10H9BrF2O2/c1-2-15-9(14)5-6-3-7(11)10(13)8(12)4-6/h3-4H,2,5H2,1H3. The van der Waals surface area contributed by atoms with Crippen molar-refractivity contribution in [2.75, 3.05) is 6.61 Å². The van der Waals surface area contributed by atoms with Gasteiger partial charge in [0.05, 0.1) is 17.5 Å². The topological polar surface area (TPSA) is 26.3 Å². The van der Waals surface area contributed by atoms with Crippen LogP contribution in [0.3, 0.4) is 0 Å². The van der Waals surface area contributed by atoms with Gasteiger partial charge in [0.1, 0.15) is 0 Å². The number of hydrogen-bond acceptors (Lipinski definition) is 2. The van der Waals surface area contributed by atoms with Crippen LogP contribution in [-0.2, 0) is 16.0 Å². The van der Waals surface area contributed by atoms with E-state index in [2.05, 4.69) is 20.7 Å². The zero-order valence-corrected chi connectivity index (χ0v) is 9.61. The maximum Gasteiger partial charge on any atom is 0.310 e. The molecule has 0 unspecified atom stereocenters. The first kappa shape index (κ1) is 12.1. The smallest absolute Gasteiger partial charge is 0.310 e. The molecule has 1 aromatic rings. The van der Waals surface area contributed by atoms with Gasteiger partial charge in [0.15, 0.2) is 11.6 Å². The van der Waals surface area contributed by atoms with Gasteiger partial charge in [0, 0.05) is 0 Å². The first-order chi connectivity index (χ1) is 7.04. The number of carbonyl (C=O) groups excluding carboxylic acids is 1. The molecule has 0 saturated carbocycles. The Hall–Kier alpha value is -0.970. The first-order valence-corrected chi connectivity index (χ1v) is 5.13. The average molecular weight is 279 g/mol. The second kappa shape index (κ2) is 5.21. The molecule has 0 aliphatic rings. The summed E-state index contributed by atoms with van der Waals surface area (Å²) in [6.45, 7) is 1.95. The molecule has 0 aliphatic heterocycles. The quantitative estimate of drug-likeness (QED) is 0.628. The fourth-order valence-corrected chi connectivity index (χ4v) is 1.57. The normalized spacial score (nSPS) is 10.1. The van der Waals surface area contributed by atoms with E-state index in [4.69, 9.17) is 0 Å². The second-order valence-electron chi connectivity index (χ2n) is 2.86. The van der Waals surface area contributed by atoms with Crippen molar-refractivity contribution in [1.29, 1.82) is 0 Å². The van der Waals surface area contributed by atoms with Gasteiger partial charge in [-0.2, -0.15) is 0 Å². The molecule has 0 radical (unpaired) electrons. The Bertz CT molecular complexity index is 357. The first-order valence-electron chi connectivity index (χ1n) is 4.33. The highest BCUT2D eigenvalue weighted by Gasteiger charge is 2.11. The van der Waals surface area contributed by atoms with E-state index in [-0.39, 0.29) is 17.5 Å². The molecule has 1 aromatic carbocycles. The predicted molar refractivity (Wildman–Crippen MR) is 54.4 cm³/mol. The van der Waals surface area contributed by atoms with E-state index in [0.717, 1.165) is 6.07 Å². The lowest BCUT2D eigenvalue weighted by Gasteiger charge is -2.04. The third-order valence-corrected chi connectivity index (χ3v) is 2.27. The monoisotopic (exact) mass is 278 g/mol. The van der Waals surface area contributed by atoms with E-state index in [1.54, 1.807) is 6.92 Å². The summed E-state index contributed by atoms with van der Waals surface area (Å²) in [6.07, 6.45) is -0.0658. The molecule has 0 N–H and O–H groups in total. The highest BCUT2D eigenvalue weighted by Crippen LogP contribution is 2.20. The van der Waals surface area contributed by atoms with Crippen molar-refractivity contribution < 1.29 is 18.3 Å². The van der Waals surface area contributed by atoms with Gasteiger partial charge >= 0.3 is 5.97 Å². The van der Waals surface area contributed by atoms with Crippen molar-refractivity contribution in [2.24, 2.45) is 0 Å². The van der Waals surface area contributed by atoms with E-state index in [1.807, 2.05) is 0 Å². The molecule has 82 valence electrons. The van der Waals surface area contributed by atoms with Crippen LogP contribution >= 0.6 is 15.9 Å². The Morgan fingerprint density at radius 3 is 2.67 bits per heavy atom. The van der Waals surface area contributed by atoms with Crippen LogP contribution in [0.2, 0.25) is 0 Å². The third kappa shape index (κ3) is 3.27. The largest absolute Gasteiger partial charge is 0.466 e. The summed E-state index contributed by atoms with van der Waals surface area (Å²) in [4.78, 5) is 11.1. The summed E-state index contributed by atoms with van der Waals surface area (Å²) in [5.74, 6) is -2.40. The van der Waals surface area contributed by atoms with E-state index in [0.29, 0.717) is 5.56 Å². The molecule has 0 aromatic heterocycles. The average Bonchev–Trinajstić information content (AvgIpc) is 2.14. The number of rotatable bonds is 3. The van der Waals surface area contributed by atoms with Gasteiger partial charge in [0.25, 0.3) is 0 Å². The van der Waals surface area contributed by atoms with Crippen molar-refractivity contribution in [3.63, 3.8) is 0 Å². The number of carbonyl (C=O) groups is 1. The van der Waals surface area contributed by atoms with E-state index in [1.165, 1.54) is 6.07 Å². The van der Waals surface area contributed by atoms with E-state index in [9.17, 15) is 13.6 Å². The molecule has 5 heteroatoms. The lowest BCUT2D eigenvalue weighted by molar-refractivity contribution is -0.142. The summed E-state index contributed by atoms with van der Waals surface area (Å²) >= 11 is 2.86. The fraction of sp³-hybridized carbons (Fsp3) is 0.300. The van der Waals surface area contributed by atoms with Gasteiger partial charge in [0.2, 0.25) is 0 Å². The molecule has 0 amide bonds. The van der Waals surface area contributed by atoms with Gasteiger partial charge in [-0.15, -0.1) is 0 Å². The summed E-state index contributed by atoms with van der Waals surface area (Å²) < 4.78 is 30.5. The molecule has 0 saturated heterocycles. The van der Waals surface area contributed by atoms with Crippen LogP contribution in [0.5, 0.6) is 0 Å². The van der Waals surface area contributed by atoms with E-state index < -0.39 is 17.6 Å². The van der Waals surface area contributed by atoms with Crippen molar-refractivity contribution in [1.82, 2.24) is 0 Å². The summed E-state index contributed by atoms with van der Waals surface area (Å²) in [5, 5.41) is 0. The zero-order chi connectivity index (χ0) is 11.4. The molecule has 15 heavy (non-hydrogen) atoms. The highest BCUT2D eigenvalue weighted by atomic mass is 79.9. The van der Waals surface area contributed by atoms with Crippen LogP contribution in [0.1, 0.15) is 12.5 Å². The molecule has 2 nitrogen and oxygen atoms in total. The van der Waals surface area contributed by atoms with Gasteiger partial charge in [-0.05, 0) is 40.5 Å². The SMILES string of the molecule is CCOC(=O)Cc1cc(F)c(F)c(Br)c1. The zero-order valence-electron chi connectivity index (χ0n) is 8.02. The van der Waals surface area contributed by atoms with E-state index >= 15 is 0 Å². The van der Waals surface area contributed by atoms with Crippen LogP contribution in [0.15, 0.2) is 16.6 Å². The lowest BCUT2D eigenvalue weighted by Crippen LogP contribution is -2.08. The minimum Gasteiger partial charge on any atom is -0.466 e. The number of benzene rings is 1. The maximum absolute atomic E-state index is 12.9. The Morgan fingerprint density at radius 2 is 2.13 bits per heavy atom. The number of halogens is 3. The fourth-order valence-electron chi connectivity index (χ4n) is 1.09. The van der Waals surface area contributed by atoms with Crippen molar-refractivity contribution in [3.05, 3.63) is 33.8 Å². The number of esters is 1. The highest BCUT2D eigenvalue weighted by molar-refractivity contribution is 9.10. The summed E-state index contributed by atoms with van der Waals surface area (Å²) in [6, 6.07) is 2.34. The Balaban J connectivity index is 2.83. The molecular formula is C10H9BrF2O2.